The van der Waals surface area contributed by atoms with Gasteiger partial charge < -0.3 is 64.2 Å². The first-order valence-electron chi connectivity index (χ1n) is 13.6. The first-order chi connectivity index (χ1) is 21.1. The fourth-order valence-corrected chi connectivity index (χ4v) is 5.40. The summed E-state index contributed by atoms with van der Waals surface area (Å²) < 4.78 is 33.7. The van der Waals surface area contributed by atoms with Crippen LogP contribution in [-0.2, 0) is 14.2 Å². The maximum atomic E-state index is 10.9. The Balaban J connectivity index is 1.57. The zero-order valence-corrected chi connectivity index (χ0v) is 23.5. The van der Waals surface area contributed by atoms with Crippen molar-refractivity contribution in [3.8, 4) is 23.0 Å². The molecule has 232 valence electrons. The number of aliphatic hydroxyl groups excluding tert-OH is 5. The van der Waals surface area contributed by atoms with Gasteiger partial charge in [-0.15, -0.1) is 0 Å². The van der Waals surface area contributed by atoms with E-state index < -0.39 is 43.4 Å². The van der Waals surface area contributed by atoms with Crippen LogP contribution in [0.25, 0.3) is 11.5 Å². The molecule has 2 aromatic carbocycles. The number of phenols is 2. The normalized spacial score (nSPS) is 27.7. The van der Waals surface area contributed by atoms with Gasteiger partial charge in [-0.3, -0.25) is 0 Å². The summed E-state index contributed by atoms with van der Waals surface area (Å²) >= 11 is 0. The Morgan fingerprint density at radius 2 is 1.52 bits per heavy atom. The summed E-state index contributed by atoms with van der Waals surface area (Å²) in [6.07, 6.45) is -4.08. The third-order valence-electron chi connectivity index (χ3n) is 7.67. The number of allylic oxidation sites excluding steroid dienone is 2. The zero-order valence-electron chi connectivity index (χ0n) is 23.5. The van der Waals surface area contributed by atoms with E-state index in [-0.39, 0.29) is 46.0 Å². The van der Waals surface area contributed by atoms with Crippen LogP contribution >= 0.6 is 0 Å². The molecule has 0 bridgehead atoms. The van der Waals surface area contributed by atoms with E-state index in [0.717, 1.165) is 0 Å². The summed E-state index contributed by atoms with van der Waals surface area (Å²) in [4.78, 5) is 0. The van der Waals surface area contributed by atoms with E-state index in [9.17, 15) is 35.7 Å². The van der Waals surface area contributed by atoms with E-state index in [4.69, 9.17) is 28.4 Å². The molecule has 6 unspecified atom stereocenters. The Hall–Kier alpha value is -4.66. The maximum Gasteiger partial charge on any atom is 0.306 e. The van der Waals surface area contributed by atoms with Gasteiger partial charge in [0.05, 0.1) is 32.5 Å². The molecule has 3 aliphatic heterocycles. The molecular formula is C31H31O13+. The van der Waals surface area contributed by atoms with E-state index in [1.54, 1.807) is 18.2 Å². The fraction of sp³-hybridized carbons (Fsp3) is 0.290. The van der Waals surface area contributed by atoms with Crippen LogP contribution in [0.3, 0.4) is 0 Å². The second-order valence-electron chi connectivity index (χ2n) is 10.4. The van der Waals surface area contributed by atoms with Gasteiger partial charge in [-0.25, -0.2) is 0 Å². The van der Waals surface area contributed by atoms with Crippen molar-refractivity contribution < 1.29 is 64.2 Å². The van der Waals surface area contributed by atoms with Crippen molar-refractivity contribution in [1.29, 1.82) is 0 Å². The van der Waals surface area contributed by atoms with Crippen LogP contribution in [0.4, 0.5) is 0 Å². The molecule has 3 heterocycles. The Bertz CT molecular complexity index is 1590. The van der Waals surface area contributed by atoms with Crippen LogP contribution in [-0.4, -0.2) is 98.1 Å². The number of rotatable bonds is 7. The highest BCUT2D eigenvalue weighted by Crippen LogP contribution is 2.48. The van der Waals surface area contributed by atoms with Crippen LogP contribution in [0.1, 0.15) is 11.1 Å². The number of aliphatic hydroxyl groups is 7. The summed E-state index contributed by atoms with van der Waals surface area (Å²) in [5.41, 5.74) is 1.83. The van der Waals surface area contributed by atoms with Gasteiger partial charge >= 0.3 is 5.76 Å². The minimum absolute atomic E-state index is 0.0376. The number of phenolic OH excluding ortho intramolecular Hbond substituents is 2. The summed E-state index contributed by atoms with van der Waals surface area (Å²) in [6, 6.07) is 9.22. The molecule has 6 rings (SSSR count). The lowest BCUT2D eigenvalue weighted by Crippen LogP contribution is -2.59. The number of methoxy groups -OCH3 is 2. The summed E-state index contributed by atoms with van der Waals surface area (Å²) in [5, 5.41) is 72.4. The number of hydrogen-bond acceptors (Lipinski definition) is 12. The van der Waals surface area contributed by atoms with Crippen molar-refractivity contribution in [3.05, 3.63) is 94.2 Å². The molecule has 1 aliphatic carbocycles. The first kappa shape index (κ1) is 29.4. The molecule has 0 aromatic heterocycles. The first-order valence-corrected chi connectivity index (χ1v) is 13.6. The van der Waals surface area contributed by atoms with Gasteiger partial charge in [-0.2, -0.15) is 0 Å². The molecule has 1 saturated heterocycles. The van der Waals surface area contributed by atoms with Gasteiger partial charge in [0.25, 0.3) is 0 Å². The zero-order chi connectivity index (χ0) is 31.3. The molecule has 8 N–H and O–H groups in total. The highest BCUT2D eigenvalue weighted by molar-refractivity contribution is 5.79. The van der Waals surface area contributed by atoms with Crippen molar-refractivity contribution in [2.45, 2.75) is 36.8 Å². The predicted molar refractivity (Wildman–Crippen MR) is 152 cm³/mol. The largest absolute Gasteiger partial charge is 0.571 e. The Labute approximate surface area is 250 Å². The van der Waals surface area contributed by atoms with Crippen molar-refractivity contribution in [2.75, 3.05) is 20.8 Å². The molecule has 6 atom stereocenters. The van der Waals surface area contributed by atoms with Crippen molar-refractivity contribution >= 4 is 11.5 Å². The third-order valence-corrected chi connectivity index (χ3v) is 7.67. The predicted octanol–water partition coefficient (Wildman–Crippen LogP) is 1.22. The lowest BCUT2D eigenvalue weighted by molar-refractivity contribution is -0.291. The van der Waals surface area contributed by atoms with E-state index in [2.05, 4.69) is 0 Å². The molecule has 0 spiro atoms. The molecule has 4 aliphatic rings. The van der Waals surface area contributed by atoms with E-state index >= 15 is 0 Å². The van der Waals surface area contributed by atoms with E-state index in [1.807, 2.05) is 0 Å². The van der Waals surface area contributed by atoms with Crippen LogP contribution in [0, 0.1) is 0 Å². The number of aromatic hydroxyl groups is 2. The topological polar surface area (TPSA) is 201 Å². The van der Waals surface area contributed by atoms with Crippen LogP contribution < -0.4 is 9.47 Å². The van der Waals surface area contributed by atoms with Crippen LogP contribution in [0.5, 0.6) is 23.0 Å². The molecule has 0 amide bonds. The van der Waals surface area contributed by atoms with E-state index in [1.165, 1.54) is 50.6 Å². The summed E-state index contributed by atoms with van der Waals surface area (Å²) in [5.74, 6) is 0.576. The van der Waals surface area contributed by atoms with Gasteiger partial charge in [0.1, 0.15) is 53.0 Å². The Morgan fingerprint density at radius 1 is 0.841 bits per heavy atom. The minimum atomic E-state index is -1.74. The lowest BCUT2D eigenvalue weighted by Gasteiger charge is -2.41. The molecule has 44 heavy (non-hydrogen) atoms. The summed E-state index contributed by atoms with van der Waals surface area (Å²) in [6.45, 7) is -0.667. The number of hydrogen-bond donors (Lipinski definition) is 7. The molecular weight excluding hydrogens is 580 g/mol. The third kappa shape index (κ3) is 5.00. The fourth-order valence-electron chi connectivity index (χ4n) is 5.40. The van der Waals surface area contributed by atoms with Gasteiger partial charge in [0.2, 0.25) is 23.9 Å². The standard InChI is InChI=1S/C31H30O13/c1-39-21-7-14(8-22(40-2)25(21)35)29-30(44-31-28(38)27(37)26(36)23(12-32)43-31)17-11-18(13-3-5-15(33)6-4-13)41-19-9-16(34)10-20(42-29)24(17)19/h3-11,20,23,26-28,31-38H,12H2,1-2H3/p+1. The SMILES string of the molecule is COc1cc(C2=C(OC3OC(CO)C(O)C(O)C3O)C3=C4C(=CC(O)=CC4[OH+]2)OC(c2ccc(O)cc2)=C3)cc(OC)c1O. The number of ether oxygens (including phenoxy) is 6. The maximum absolute atomic E-state index is 10.9. The lowest BCUT2D eigenvalue weighted by atomic mass is 9.88. The monoisotopic (exact) mass is 611 g/mol. The Morgan fingerprint density at radius 3 is 2.16 bits per heavy atom. The van der Waals surface area contributed by atoms with Gasteiger partial charge in [-0.05, 0) is 30.3 Å². The highest BCUT2D eigenvalue weighted by Gasteiger charge is 2.48. The van der Waals surface area contributed by atoms with Crippen LogP contribution in [0.15, 0.2) is 83.0 Å². The average Bonchev–Trinajstić information content (AvgIpc) is 3.02. The van der Waals surface area contributed by atoms with Crippen molar-refractivity contribution in [1.82, 2.24) is 0 Å². The quantitative estimate of drug-likeness (QED) is 0.221. The smallest absolute Gasteiger partial charge is 0.306 e. The van der Waals surface area contributed by atoms with E-state index in [0.29, 0.717) is 28.0 Å². The second kappa shape index (κ2) is 11.4. The van der Waals surface area contributed by atoms with Crippen molar-refractivity contribution in [2.24, 2.45) is 0 Å². The molecule has 2 aromatic rings. The second-order valence-corrected chi connectivity index (χ2v) is 10.4. The molecule has 0 saturated carbocycles. The Kier molecular flexibility index (Phi) is 7.65. The highest BCUT2D eigenvalue weighted by atomic mass is 16.7. The number of benzene rings is 2. The molecule has 13 heteroatoms. The minimum Gasteiger partial charge on any atom is -0.571 e. The van der Waals surface area contributed by atoms with Gasteiger partial charge in [0.15, 0.2) is 11.5 Å². The van der Waals surface area contributed by atoms with Gasteiger partial charge in [-0.1, -0.05) is 0 Å². The van der Waals surface area contributed by atoms with Crippen molar-refractivity contribution in [3.63, 3.8) is 0 Å². The van der Waals surface area contributed by atoms with Crippen LogP contribution in [0.2, 0.25) is 0 Å². The summed E-state index contributed by atoms with van der Waals surface area (Å²) in [7, 11) is 2.72. The van der Waals surface area contributed by atoms with Gasteiger partial charge in [0, 0.05) is 29.3 Å². The molecule has 0 radical (unpaired) electrons. The average molecular weight is 612 g/mol. The molecule has 1 fully saturated rings. The molecule has 13 nitrogen and oxygen atoms in total.